The molecule has 10 aromatic rings. The van der Waals surface area contributed by atoms with Gasteiger partial charge in [0.2, 0.25) is 0 Å². The largest absolute Gasteiger partial charge is 0.457 e. The Morgan fingerprint density at radius 3 is 1.92 bits per heavy atom. The molecule has 74 heavy (non-hydrogen) atoms. The quantitative estimate of drug-likeness (QED) is 0.161. The molecule has 0 saturated carbocycles. The summed E-state index contributed by atoms with van der Waals surface area (Å²) >= 11 is 2.04. The first-order valence-corrected chi connectivity index (χ1v) is 27.6. The molecule has 3 aliphatic heterocycles. The summed E-state index contributed by atoms with van der Waals surface area (Å²) < 4.78 is 16.8. The molecule has 0 unspecified atom stereocenters. The third-order valence-electron chi connectivity index (χ3n) is 18.8. The highest BCUT2D eigenvalue weighted by Gasteiger charge is 2.50. The summed E-state index contributed by atoms with van der Waals surface area (Å²) in [6.07, 6.45) is 2.32. The molecular formula is C68H61BN2O2S. The van der Waals surface area contributed by atoms with E-state index in [4.69, 9.17) is 9.15 Å². The van der Waals surface area contributed by atoms with Crippen molar-refractivity contribution in [3.05, 3.63) is 196 Å². The van der Waals surface area contributed by atoms with Gasteiger partial charge in [0, 0.05) is 81.8 Å². The monoisotopic (exact) mass is 980 g/mol. The third kappa shape index (κ3) is 5.65. The number of furan rings is 1. The number of hydrogen-bond donors (Lipinski definition) is 0. The molecular weight excluding hydrogens is 920 g/mol. The number of fused-ring (bicyclic) bond motifs is 15. The molecule has 0 fully saturated rings. The van der Waals surface area contributed by atoms with Crippen LogP contribution in [-0.4, -0.2) is 6.71 Å². The standard InChI is InChI=1S/C68H61BN2O2S/c1-38-33-53-59-54(34-38)71(51-24-18-20-41-40-19-12-16-25-55(40)73-61(41)51)52-37-57-49(67(8,9)46-23-15-17-26-56(46)72-57)36-50(52)69(59)63-60(70(53)39-27-29-43-48(35-39)65(4,5)32-31-64(43,2)3)42-28-30-47-58(62(42)74-63)68(10,11)45-22-14-13-21-44(45)66(47,6)7/h12-30,33-37H,31-32H2,1-11H3. The first-order chi connectivity index (χ1) is 35.4. The maximum atomic E-state index is 7.06. The van der Waals surface area contributed by atoms with Gasteiger partial charge in [0.15, 0.2) is 5.58 Å². The topological polar surface area (TPSA) is 28.9 Å². The van der Waals surface area contributed by atoms with Crippen molar-refractivity contribution < 1.29 is 9.15 Å². The van der Waals surface area contributed by atoms with Gasteiger partial charge in [-0.25, -0.2) is 0 Å². The van der Waals surface area contributed by atoms with Crippen molar-refractivity contribution in [1.82, 2.24) is 0 Å². The fourth-order valence-electron chi connectivity index (χ4n) is 14.8. The van der Waals surface area contributed by atoms with E-state index in [2.05, 4.69) is 232 Å². The predicted octanol–water partition coefficient (Wildman–Crippen LogP) is 16.9. The molecule has 0 bridgehead atoms. The van der Waals surface area contributed by atoms with E-state index in [0.717, 1.165) is 51.2 Å². The fourth-order valence-corrected chi connectivity index (χ4v) is 16.4. The number of benzene rings is 8. The van der Waals surface area contributed by atoms with Gasteiger partial charge in [0.05, 0.1) is 11.4 Å². The molecule has 0 N–H and O–H groups in total. The van der Waals surface area contributed by atoms with Gasteiger partial charge < -0.3 is 19.0 Å². The molecule has 4 nitrogen and oxygen atoms in total. The van der Waals surface area contributed by atoms with Crippen molar-refractivity contribution >= 4 is 99.9 Å². The molecule has 0 saturated heterocycles. The second-order valence-corrected chi connectivity index (χ2v) is 26.2. The molecule has 15 rings (SSSR count). The second kappa shape index (κ2) is 14.4. The summed E-state index contributed by atoms with van der Waals surface area (Å²) in [5.41, 5.74) is 23.1. The normalized spacial score (nSPS) is 18.4. The summed E-state index contributed by atoms with van der Waals surface area (Å²) in [6, 6.07) is 55.3. The van der Waals surface area contributed by atoms with Crippen LogP contribution in [0.25, 0.3) is 32.0 Å². The van der Waals surface area contributed by atoms with Crippen LogP contribution in [0.5, 0.6) is 11.5 Å². The molecule has 0 radical (unpaired) electrons. The van der Waals surface area contributed by atoms with E-state index in [1.807, 2.05) is 11.3 Å². The molecule has 0 amide bonds. The molecule has 5 aliphatic rings. The number of ether oxygens (including phenoxy) is 1. The van der Waals surface area contributed by atoms with E-state index < -0.39 is 0 Å². The van der Waals surface area contributed by atoms with Crippen molar-refractivity contribution in [2.75, 3.05) is 9.80 Å². The Hall–Kier alpha value is -7.02. The Bertz CT molecular complexity index is 4140. The van der Waals surface area contributed by atoms with Gasteiger partial charge in [-0.05, 0) is 123 Å². The lowest BCUT2D eigenvalue weighted by Crippen LogP contribution is -2.60. The Morgan fingerprint density at radius 2 is 1.14 bits per heavy atom. The van der Waals surface area contributed by atoms with Crippen molar-refractivity contribution in [3.8, 4) is 11.5 Å². The molecule has 6 heteroatoms. The first-order valence-electron chi connectivity index (χ1n) is 26.8. The van der Waals surface area contributed by atoms with Gasteiger partial charge in [-0.2, -0.15) is 0 Å². The fraction of sp³-hybridized carbons (Fsp3) is 0.265. The van der Waals surface area contributed by atoms with E-state index in [0.29, 0.717) is 0 Å². The minimum Gasteiger partial charge on any atom is -0.457 e. The van der Waals surface area contributed by atoms with Crippen molar-refractivity contribution in [2.45, 2.75) is 116 Å². The van der Waals surface area contributed by atoms with Crippen molar-refractivity contribution in [1.29, 1.82) is 0 Å². The number of thiophene rings is 1. The Kier molecular flexibility index (Phi) is 8.67. The minimum absolute atomic E-state index is 0.0282. The van der Waals surface area contributed by atoms with Gasteiger partial charge in [-0.3, -0.25) is 0 Å². The SMILES string of the molecule is Cc1cc2c3c(c1)N(c1cccc4c1oc1ccccc14)c1cc4c(cc1B3c1sc3c5c(ccc3c1N2c1ccc2c(c1)C(C)(C)CCC2(C)C)C(C)(C)c1ccccc1C5(C)C)C(C)(C)c1ccccc1O4. The Balaban J connectivity index is 1.09. The molecule has 5 heterocycles. The molecule has 0 atom stereocenters. The van der Waals surface area contributed by atoms with Crippen LogP contribution >= 0.6 is 11.3 Å². The van der Waals surface area contributed by atoms with Gasteiger partial charge >= 0.3 is 0 Å². The lowest BCUT2D eigenvalue weighted by molar-refractivity contribution is 0.332. The smallest absolute Gasteiger partial charge is 0.264 e. The number of aryl methyl sites for hydroxylation is 1. The Labute approximate surface area is 439 Å². The molecule has 2 aromatic heterocycles. The summed E-state index contributed by atoms with van der Waals surface area (Å²) in [6.45, 7) is 26.6. The van der Waals surface area contributed by atoms with E-state index in [-0.39, 0.29) is 33.8 Å². The lowest BCUT2D eigenvalue weighted by atomic mass is 9.36. The lowest BCUT2D eigenvalue weighted by Gasteiger charge is -2.45. The summed E-state index contributed by atoms with van der Waals surface area (Å²) in [4.78, 5) is 5.22. The highest BCUT2D eigenvalue weighted by atomic mass is 32.1. The maximum Gasteiger partial charge on any atom is 0.264 e. The molecule has 8 aromatic carbocycles. The highest BCUT2D eigenvalue weighted by Crippen LogP contribution is 2.58. The second-order valence-electron chi connectivity index (χ2n) is 25.2. The van der Waals surface area contributed by atoms with Gasteiger partial charge in [-0.15, -0.1) is 11.3 Å². The molecule has 364 valence electrons. The van der Waals surface area contributed by atoms with E-state index >= 15 is 0 Å². The Morgan fingerprint density at radius 1 is 0.486 bits per heavy atom. The van der Waals surface area contributed by atoms with Crippen LogP contribution in [0.4, 0.5) is 34.1 Å². The van der Waals surface area contributed by atoms with Crippen LogP contribution in [0.2, 0.25) is 0 Å². The van der Waals surface area contributed by atoms with Crippen LogP contribution in [-0.2, 0) is 27.1 Å². The highest BCUT2D eigenvalue weighted by molar-refractivity contribution is 7.34. The average Bonchev–Trinajstić information content (AvgIpc) is 3.98. The van der Waals surface area contributed by atoms with Crippen LogP contribution in [0.1, 0.15) is 132 Å². The zero-order chi connectivity index (χ0) is 50.7. The van der Waals surface area contributed by atoms with Gasteiger partial charge in [0.1, 0.15) is 17.1 Å². The molecule has 0 spiro atoms. The predicted molar refractivity (Wildman–Crippen MR) is 312 cm³/mol. The number of rotatable bonds is 2. The van der Waals surface area contributed by atoms with E-state index in [1.165, 1.54) is 105 Å². The first kappa shape index (κ1) is 44.5. The zero-order valence-electron chi connectivity index (χ0n) is 44.5. The summed E-state index contributed by atoms with van der Waals surface area (Å²) in [5, 5.41) is 3.55. The van der Waals surface area contributed by atoms with Gasteiger partial charge in [0.25, 0.3) is 6.71 Å². The van der Waals surface area contributed by atoms with Crippen LogP contribution < -0.4 is 30.2 Å². The third-order valence-corrected chi connectivity index (χ3v) is 20.1. The number of para-hydroxylation sites is 3. The number of hydrogen-bond acceptors (Lipinski definition) is 5. The zero-order valence-corrected chi connectivity index (χ0v) is 45.3. The minimum atomic E-state index is -0.325. The van der Waals surface area contributed by atoms with E-state index in [9.17, 15) is 0 Å². The average molecular weight is 981 g/mol. The van der Waals surface area contributed by atoms with Gasteiger partial charge in [-0.1, -0.05) is 166 Å². The number of anilines is 6. The van der Waals surface area contributed by atoms with Crippen molar-refractivity contribution in [2.24, 2.45) is 0 Å². The van der Waals surface area contributed by atoms with Crippen LogP contribution in [0.3, 0.4) is 0 Å². The summed E-state index contributed by atoms with van der Waals surface area (Å²) in [5.74, 6) is 1.81. The van der Waals surface area contributed by atoms with Crippen LogP contribution in [0.15, 0.2) is 150 Å². The number of nitrogens with zero attached hydrogens (tertiary/aromatic N) is 2. The van der Waals surface area contributed by atoms with E-state index in [1.54, 1.807) is 0 Å². The van der Waals surface area contributed by atoms with Crippen molar-refractivity contribution in [3.63, 3.8) is 0 Å². The summed E-state index contributed by atoms with van der Waals surface area (Å²) in [7, 11) is 0. The van der Waals surface area contributed by atoms with Crippen LogP contribution in [0, 0.1) is 6.92 Å². The maximum absolute atomic E-state index is 7.06. The molecule has 2 aliphatic carbocycles.